The van der Waals surface area contributed by atoms with Crippen LogP contribution >= 0.6 is 0 Å². The average Bonchev–Trinajstić information content (AvgIpc) is 2.41. The minimum absolute atomic E-state index is 0.137. The van der Waals surface area contributed by atoms with Crippen LogP contribution in [-0.2, 0) is 14.3 Å². The summed E-state index contributed by atoms with van der Waals surface area (Å²) >= 11 is 0. The fraction of sp³-hybridized carbons (Fsp3) is 0.938. The molecule has 0 aromatic heterocycles. The zero-order valence-corrected chi connectivity index (χ0v) is 13.6. The van der Waals surface area contributed by atoms with E-state index < -0.39 is 0 Å². The molecule has 20 heavy (non-hydrogen) atoms. The van der Waals surface area contributed by atoms with E-state index in [1.165, 1.54) is 6.42 Å². The van der Waals surface area contributed by atoms with E-state index in [4.69, 9.17) is 9.47 Å². The summed E-state index contributed by atoms with van der Waals surface area (Å²) < 4.78 is 10.3. The molecule has 0 saturated heterocycles. The van der Waals surface area contributed by atoms with Gasteiger partial charge in [0.15, 0.2) is 0 Å². The number of rotatable bonds is 9. The third kappa shape index (κ3) is 5.51. The van der Waals surface area contributed by atoms with E-state index in [0.717, 1.165) is 52.1 Å². The summed E-state index contributed by atoms with van der Waals surface area (Å²) in [6, 6.07) is 0. The van der Waals surface area contributed by atoms with Gasteiger partial charge in [0.1, 0.15) is 5.78 Å². The van der Waals surface area contributed by atoms with Gasteiger partial charge in [-0.15, -0.1) is 0 Å². The van der Waals surface area contributed by atoms with Crippen molar-refractivity contribution >= 4 is 5.78 Å². The second kappa shape index (κ2) is 8.75. The highest BCUT2D eigenvalue weighted by Crippen LogP contribution is 2.35. The molecule has 1 aliphatic carbocycles. The first-order chi connectivity index (χ1) is 9.51. The SMILES string of the molecule is COCCCN(CCOC)CC1CCCC(C)(C)C1=O. The molecule has 1 aliphatic rings. The van der Waals surface area contributed by atoms with Crippen molar-refractivity contribution in [3.8, 4) is 0 Å². The Bertz CT molecular complexity index is 291. The van der Waals surface area contributed by atoms with Gasteiger partial charge < -0.3 is 14.4 Å². The summed E-state index contributed by atoms with van der Waals surface area (Å²) in [6.07, 6.45) is 4.24. The van der Waals surface area contributed by atoms with Crippen molar-refractivity contribution in [2.75, 3.05) is 47.1 Å². The van der Waals surface area contributed by atoms with Gasteiger partial charge in [-0.25, -0.2) is 0 Å². The van der Waals surface area contributed by atoms with E-state index in [1.54, 1.807) is 14.2 Å². The first-order valence-electron chi connectivity index (χ1n) is 7.76. The van der Waals surface area contributed by atoms with Crippen LogP contribution < -0.4 is 0 Å². The van der Waals surface area contributed by atoms with Crippen molar-refractivity contribution in [3.05, 3.63) is 0 Å². The van der Waals surface area contributed by atoms with Crippen LogP contribution in [0.25, 0.3) is 0 Å². The zero-order valence-electron chi connectivity index (χ0n) is 13.6. The fourth-order valence-electron chi connectivity index (χ4n) is 3.03. The molecule has 1 saturated carbocycles. The first kappa shape index (κ1) is 17.6. The summed E-state index contributed by atoms with van der Waals surface area (Å²) in [5.41, 5.74) is -0.137. The van der Waals surface area contributed by atoms with Crippen molar-refractivity contribution in [3.63, 3.8) is 0 Å². The number of Topliss-reactive ketones (excluding diaryl/α,β-unsaturated/α-hetero) is 1. The molecule has 4 heteroatoms. The Kier molecular flexibility index (Phi) is 7.70. The standard InChI is InChI=1S/C16H31NO3/c1-16(2)8-5-7-14(15(16)18)13-17(10-12-20-4)9-6-11-19-3/h14H,5-13H2,1-4H3. The van der Waals surface area contributed by atoms with Gasteiger partial charge in [0.2, 0.25) is 0 Å². The number of carbonyl (C=O) groups excluding carboxylic acids is 1. The molecular formula is C16H31NO3. The Balaban J connectivity index is 2.51. The molecule has 1 fully saturated rings. The van der Waals surface area contributed by atoms with E-state index >= 15 is 0 Å². The number of ether oxygens (including phenoxy) is 2. The van der Waals surface area contributed by atoms with Crippen molar-refractivity contribution < 1.29 is 14.3 Å². The number of methoxy groups -OCH3 is 2. The average molecular weight is 285 g/mol. The lowest BCUT2D eigenvalue weighted by Crippen LogP contribution is -2.43. The molecule has 0 heterocycles. The molecule has 1 rings (SSSR count). The lowest BCUT2D eigenvalue weighted by Gasteiger charge is -2.36. The van der Waals surface area contributed by atoms with Gasteiger partial charge in [0, 0.05) is 51.8 Å². The molecule has 118 valence electrons. The third-order valence-corrected chi connectivity index (χ3v) is 4.31. The zero-order chi connectivity index (χ0) is 15.0. The molecule has 0 bridgehead atoms. The highest BCUT2D eigenvalue weighted by Gasteiger charge is 2.37. The first-order valence-corrected chi connectivity index (χ1v) is 7.76. The summed E-state index contributed by atoms with van der Waals surface area (Å²) in [5.74, 6) is 0.635. The minimum atomic E-state index is -0.137. The van der Waals surface area contributed by atoms with Crippen molar-refractivity contribution in [2.45, 2.75) is 39.5 Å². The number of ketones is 1. The van der Waals surface area contributed by atoms with Crippen LogP contribution in [0.4, 0.5) is 0 Å². The van der Waals surface area contributed by atoms with Crippen LogP contribution in [0.15, 0.2) is 0 Å². The van der Waals surface area contributed by atoms with Crippen LogP contribution in [0, 0.1) is 11.3 Å². The van der Waals surface area contributed by atoms with Crippen LogP contribution in [0.2, 0.25) is 0 Å². The minimum Gasteiger partial charge on any atom is -0.385 e. The molecular weight excluding hydrogens is 254 g/mol. The summed E-state index contributed by atoms with van der Waals surface area (Å²) in [7, 11) is 3.45. The van der Waals surface area contributed by atoms with Crippen LogP contribution in [-0.4, -0.2) is 57.8 Å². The molecule has 0 radical (unpaired) electrons. The van der Waals surface area contributed by atoms with Gasteiger partial charge in [-0.3, -0.25) is 4.79 Å². The highest BCUT2D eigenvalue weighted by molar-refractivity contribution is 5.87. The summed E-state index contributed by atoms with van der Waals surface area (Å²) in [4.78, 5) is 14.9. The molecule has 1 atom stereocenters. The fourth-order valence-corrected chi connectivity index (χ4v) is 3.03. The van der Waals surface area contributed by atoms with Crippen LogP contribution in [0.1, 0.15) is 39.5 Å². The molecule has 1 unspecified atom stereocenters. The van der Waals surface area contributed by atoms with Crippen LogP contribution in [0.5, 0.6) is 0 Å². The number of nitrogens with zero attached hydrogens (tertiary/aromatic N) is 1. The smallest absolute Gasteiger partial charge is 0.142 e. The van der Waals surface area contributed by atoms with E-state index in [9.17, 15) is 4.79 Å². The molecule has 0 amide bonds. The van der Waals surface area contributed by atoms with Crippen molar-refractivity contribution in [1.82, 2.24) is 4.90 Å². The maximum absolute atomic E-state index is 12.5. The number of hydrogen-bond donors (Lipinski definition) is 0. The van der Waals surface area contributed by atoms with Gasteiger partial charge in [0.25, 0.3) is 0 Å². The molecule has 4 nitrogen and oxygen atoms in total. The van der Waals surface area contributed by atoms with Crippen molar-refractivity contribution in [2.24, 2.45) is 11.3 Å². The second-order valence-electron chi connectivity index (χ2n) is 6.48. The highest BCUT2D eigenvalue weighted by atomic mass is 16.5. The van der Waals surface area contributed by atoms with E-state index in [1.807, 2.05) is 0 Å². The van der Waals surface area contributed by atoms with Gasteiger partial charge in [-0.2, -0.15) is 0 Å². The normalized spacial score (nSPS) is 22.4. The Morgan fingerprint density at radius 1 is 1.20 bits per heavy atom. The second-order valence-corrected chi connectivity index (χ2v) is 6.48. The largest absolute Gasteiger partial charge is 0.385 e. The molecule has 0 N–H and O–H groups in total. The maximum Gasteiger partial charge on any atom is 0.142 e. The van der Waals surface area contributed by atoms with Crippen LogP contribution in [0.3, 0.4) is 0 Å². The van der Waals surface area contributed by atoms with Gasteiger partial charge >= 0.3 is 0 Å². The quantitative estimate of drug-likeness (QED) is 0.610. The molecule has 0 aromatic rings. The maximum atomic E-state index is 12.5. The Hall–Kier alpha value is -0.450. The molecule has 0 spiro atoms. The van der Waals surface area contributed by atoms with Gasteiger partial charge in [-0.1, -0.05) is 20.3 Å². The number of carbonyl (C=O) groups is 1. The lowest BCUT2D eigenvalue weighted by molar-refractivity contribution is -0.135. The van der Waals surface area contributed by atoms with Gasteiger partial charge in [-0.05, 0) is 19.3 Å². The lowest BCUT2D eigenvalue weighted by atomic mass is 9.71. The molecule has 0 aromatic carbocycles. The Labute approximate surface area is 123 Å². The summed E-state index contributed by atoms with van der Waals surface area (Å²) in [5, 5.41) is 0. The predicted octanol–water partition coefficient (Wildman–Crippen LogP) is 2.37. The van der Waals surface area contributed by atoms with E-state index in [0.29, 0.717) is 5.78 Å². The predicted molar refractivity (Wildman–Crippen MR) is 80.9 cm³/mol. The Morgan fingerprint density at radius 3 is 2.55 bits per heavy atom. The third-order valence-electron chi connectivity index (χ3n) is 4.31. The van der Waals surface area contributed by atoms with E-state index in [-0.39, 0.29) is 11.3 Å². The molecule has 0 aliphatic heterocycles. The van der Waals surface area contributed by atoms with Gasteiger partial charge in [0.05, 0.1) is 6.61 Å². The summed E-state index contributed by atoms with van der Waals surface area (Å²) in [6.45, 7) is 8.41. The topological polar surface area (TPSA) is 38.8 Å². The van der Waals surface area contributed by atoms with E-state index in [2.05, 4.69) is 18.7 Å². The number of hydrogen-bond acceptors (Lipinski definition) is 4. The Morgan fingerprint density at radius 2 is 1.90 bits per heavy atom. The van der Waals surface area contributed by atoms with Crippen molar-refractivity contribution in [1.29, 1.82) is 0 Å². The monoisotopic (exact) mass is 285 g/mol.